The average molecular weight is 351 g/mol. The van der Waals surface area contributed by atoms with Crippen LogP contribution < -0.4 is 4.57 Å². The SMILES string of the molecule is O=C(O)c1cccc(C[n+]2ccccc2/C=C/c2cccc(Cl)c2)c1. The van der Waals surface area contributed by atoms with Gasteiger partial charge in [0.2, 0.25) is 5.69 Å². The first-order valence-electron chi connectivity index (χ1n) is 7.86. The van der Waals surface area contributed by atoms with Gasteiger partial charge in [0.15, 0.2) is 12.7 Å². The molecule has 2 aromatic carbocycles. The fourth-order valence-corrected chi connectivity index (χ4v) is 2.77. The first-order valence-corrected chi connectivity index (χ1v) is 8.24. The van der Waals surface area contributed by atoms with Crippen molar-refractivity contribution in [2.24, 2.45) is 0 Å². The number of rotatable bonds is 5. The molecule has 0 aliphatic carbocycles. The molecule has 0 aliphatic heterocycles. The summed E-state index contributed by atoms with van der Waals surface area (Å²) in [5, 5.41) is 9.84. The van der Waals surface area contributed by atoms with Gasteiger partial charge >= 0.3 is 5.97 Å². The number of carbonyl (C=O) groups is 1. The van der Waals surface area contributed by atoms with E-state index in [1.807, 2.05) is 66.9 Å². The summed E-state index contributed by atoms with van der Waals surface area (Å²) in [6, 6.07) is 20.6. The van der Waals surface area contributed by atoms with Crippen LogP contribution in [0.2, 0.25) is 5.02 Å². The van der Waals surface area contributed by atoms with Crippen LogP contribution in [0, 0.1) is 0 Å². The van der Waals surface area contributed by atoms with Gasteiger partial charge in [-0.3, -0.25) is 0 Å². The number of halogens is 1. The van der Waals surface area contributed by atoms with Crippen LogP contribution >= 0.6 is 11.6 Å². The Balaban J connectivity index is 1.86. The molecule has 0 fully saturated rings. The predicted molar refractivity (Wildman–Crippen MR) is 99.5 cm³/mol. The van der Waals surface area contributed by atoms with Crippen molar-refractivity contribution in [1.29, 1.82) is 0 Å². The van der Waals surface area contributed by atoms with E-state index >= 15 is 0 Å². The summed E-state index contributed by atoms with van der Waals surface area (Å²) in [7, 11) is 0. The Bertz CT molecular complexity index is 934. The lowest BCUT2D eigenvalue weighted by Crippen LogP contribution is -2.37. The molecular weight excluding hydrogens is 334 g/mol. The van der Waals surface area contributed by atoms with Crippen molar-refractivity contribution in [3.05, 3.63) is 100 Å². The lowest BCUT2D eigenvalue weighted by Gasteiger charge is -2.03. The maximum Gasteiger partial charge on any atom is 0.335 e. The molecule has 3 nitrogen and oxygen atoms in total. The molecular formula is C21H17ClNO2+. The minimum Gasteiger partial charge on any atom is -0.478 e. The molecule has 25 heavy (non-hydrogen) atoms. The predicted octanol–water partition coefficient (Wildman–Crippen LogP) is 4.54. The number of aromatic carboxylic acids is 1. The Morgan fingerprint density at radius 3 is 2.64 bits per heavy atom. The van der Waals surface area contributed by atoms with E-state index in [0.29, 0.717) is 17.1 Å². The average Bonchev–Trinajstić information content (AvgIpc) is 2.61. The first kappa shape index (κ1) is 16.9. The topological polar surface area (TPSA) is 41.2 Å². The van der Waals surface area contributed by atoms with E-state index in [9.17, 15) is 4.79 Å². The molecule has 0 amide bonds. The third kappa shape index (κ3) is 4.55. The molecule has 4 heteroatoms. The van der Waals surface area contributed by atoms with E-state index in [0.717, 1.165) is 16.8 Å². The van der Waals surface area contributed by atoms with Gasteiger partial charge in [-0.1, -0.05) is 35.9 Å². The van der Waals surface area contributed by atoms with Crippen molar-refractivity contribution in [3.8, 4) is 0 Å². The summed E-state index contributed by atoms with van der Waals surface area (Å²) >= 11 is 6.02. The summed E-state index contributed by atoms with van der Waals surface area (Å²) in [4.78, 5) is 11.1. The van der Waals surface area contributed by atoms with Gasteiger partial charge in [0.1, 0.15) is 0 Å². The summed E-state index contributed by atoms with van der Waals surface area (Å²) in [6.07, 6.45) is 6.00. The van der Waals surface area contributed by atoms with E-state index in [4.69, 9.17) is 16.7 Å². The smallest absolute Gasteiger partial charge is 0.335 e. The van der Waals surface area contributed by atoms with Gasteiger partial charge in [-0.2, -0.15) is 4.57 Å². The van der Waals surface area contributed by atoms with Crippen LogP contribution in [0.25, 0.3) is 12.2 Å². The minimum atomic E-state index is -0.916. The van der Waals surface area contributed by atoms with Gasteiger partial charge in [-0.15, -0.1) is 0 Å². The fourth-order valence-electron chi connectivity index (χ4n) is 2.58. The van der Waals surface area contributed by atoms with Crippen LogP contribution in [-0.2, 0) is 6.54 Å². The quantitative estimate of drug-likeness (QED) is 0.686. The molecule has 0 saturated heterocycles. The van der Waals surface area contributed by atoms with Crippen molar-refractivity contribution in [3.63, 3.8) is 0 Å². The van der Waals surface area contributed by atoms with Gasteiger partial charge in [-0.05, 0) is 42.0 Å². The summed E-state index contributed by atoms with van der Waals surface area (Å²) in [6.45, 7) is 0.594. The lowest BCUT2D eigenvalue weighted by molar-refractivity contribution is -0.690. The Morgan fingerprint density at radius 2 is 1.84 bits per heavy atom. The minimum absolute atomic E-state index is 0.296. The molecule has 0 radical (unpaired) electrons. The number of carboxylic acids is 1. The van der Waals surface area contributed by atoms with E-state index in [-0.39, 0.29) is 0 Å². The highest BCUT2D eigenvalue weighted by molar-refractivity contribution is 6.30. The third-order valence-electron chi connectivity index (χ3n) is 3.80. The molecule has 3 aromatic rings. The second-order valence-corrected chi connectivity index (χ2v) is 6.08. The Labute approximate surface area is 151 Å². The highest BCUT2D eigenvalue weighted by Crippen LogP contribution is 2.13. The molecule has 0 spiro atoms. The van der Waals surface area contributed by atoms with E-state index in [1.165, 1.54) is 0 Å². The van der Waals surface area contributed by atoms with Crippen molar-refractivity contribution >= 4 is 29.7 Å². The first-order chi connectivity index (χ1) is 12.1. The molecule has 0 bridgehead atoms. The maximum atomic E-state index is 11.1. The summed E-state index contributed by atoms with van der Waals surface area (Å²) in [5.74, 6) is -0.916. The number of hydrogen-bond acceptors (Lipinski definition) is 1. The van der Waals surface area contributed by atoms with Crippen LogP contribution in [0.5, 0.6) is 0 Å². The molecule has 0 unspecified atom stereocenters. The normalized spacial score (nSPS) is 10.9. The summed E-state index contributed by atoms with van der Waals surface area (Å²) in [5.41, 5.74) is 3.28. The molecule has 0 atom stereocenters. The standard InChI is InChI=1S/C21H16ClNO2/c22-19-8-4-5-16(14-19)10-11-20-9-1-2-12-23(20)15-17-6-3-7-18(13-17)21(24)25/h1-14H,15H2/p+1/b11-10+. The zero-order valence-corrected chi connectivity index (χ0v) is 14.2. The third-order valence-corrected chi connectivity index (χ3v) is 4.03. The fraction of sp³-hybridized carbons (Fsp3) is 0.0476. The van der Waals surface area contributed by atoms with E-state index in [2.05, 4.69) is 4.57 Å². The largest absolute Gasteiger partial charge is 0.478 e. The van der Waals surface area contributed by atoms with Crippen molar-refractivity contribution < 1.29 is 14.5 Å². The van der Waals surface area contributed by atoms with Gasteiger partial charge < -0.3 is 5.11 Å². The molecule has 0 saturated carbocycles. The van der Waals surface area contributed by atoms with Crippen LogP contribution in [-0.4, -0.2) is 11.1 Å². The van der Waals surface area contributed by atoms with Crippen LogP contribution in [0.3, 0.4) is 0 Å². The monoisotopic (exact) mass is 350 g/mol. The van der Waals surface area contributed by atoms with Crippen molar-refractivity contribution in [1.82, 2.24) is 0 Å². The molecule has 1 heterocycles. The second-order valence-electron chi connectivity index (χ2n) is 5.65. The highest BCUT2D eigenvalue weighted by atomic mass is 35.5. The summed E-state index contributed by atoms with van der Waals surface area (Å²) < 4.78 is 2.07. The molecule has 1 aromatic heterocycles. The maximum absolute atomic E-state index is 11.1. The number of hydrogen-bond donors (Lipinski definition) is 1. The molecule has 1 N–H and O–H groups in total. The number of nitrogens with zero attached hydrogens (tertiary/aromatic N) is 1. The second kappa shape index (κ2) is 7.77. The molecule has 124 valence electrons. The van der Waals surface area contributed by atoms with Crippen molar-refractivity contribution in [2.45, 2.75) is 6.54 Å². The van der Waals surface area contributed by atoms with Gasteiger partial charge in [-0.25, -0.2) is 4.79 Å². The zero-order valence-electron chi connectivity index (χ0n) is 13.5. The molecule has 0 aliphatic rings. The van der Waals surface area contributed by atoms with E-state index < -0.39 is 5.97 Å². The number of benzene rings is 2. The van der Waals surface area contributed by atoms with Gasteiger partial charge in [0.05, 0.1) is 5.56 Å². The lowest BCUT2D eigenvalue weighted by atomic mass is 10.1. The Kier molecular flexibility index (Phi) is 5.26. The zero-order chi connectivity index (χ0) is 17.6. The number of carboxylic acid groups (broad SMARTS) is 1. The number of pyridine rings is 1. The van der Waals surface area contributed by atoms with Crippen LogP contribution in [0.4, 0.5) is 0 Å². The highest BCUT2D eigenvalue weighted by Gasteiger charge is 2.10. The van der Waals surface area contributed by atoms with E-state index in [1.54, 1.807) is 18.2 Å². The van der Waals surface area contributed by atoms with Gasteiger partial charge in [0.25, 0.3) is 0 Å². The Morgan fingerprint density at radius 1 is 1.00 bits per heavy atom. The van der Waals surface area contributed by atoms with Crippen LogP contribution in [0.15, 0.2) is 72.9 Å². The van der Waals surface area contributed by atoms with Crippen LogP contribution in [0.1, 0.15) is 27.2 Å². The van der Waals surface area contributed by atoms with Gasteiger partial charge in [0, 0.05) is 28.8 Å². The van der Waals surface area contributed by atoms with Crippen molar-refractivity contribution in [2.75, 3.05) is 0 Å². The molecule has 3 rings (SSSR count). The Hall–Kier alpha value is -2.91. The number of aromatic nitrogens is 1.